The fourth-order valence-electron chi connectivity index (χ4n) is 4.51. The van der Waals surface area contributed by atoms with E-state index in [-0.39, 0.29) is 56.0 Å². The minimum Gasteiger partial charge on any atom is -0.450 e. The van der Waals surface area contributed by atoms with E-state index in [9.17, 15) is 18.0 Å². The first-order valence-corrected chi connectivity index (χ1v) is 15.6. The largest absolute Gasteiger partial charge is 0.450 e. The highest BCUT2D eigenvalue weighted by Crippen LogP contribution is 2.32. The molecule has 0 aliphatic carbocycles. The third kappa shape index (κ3) is 7.55. The summed E-state index contributed by atoms with van der Waals surface area (Å²) in [5.74, 6) is -0.224. The van der Waals surface area contributed by atoms with Gasteiger partial charge in [-0.2, -0.15) is 4.31 Å². The number of nitrogens with zero attached hydrogens (tertiary/aromatic N) is 5. The Morgan fingerprint density at radius 1 is 1.00 bits per heavy atom. The number of amides is 2. The van der Waals surface area contributed by atoms with E-state index in [1.165, 1.54) is 38.2 Å². The van der Waals surface area contributed by atoms with Gasteiger partial charge < -0.3 is 14.5 Å². The lowest BCUT2D eigenvalue weighted by Crippen LogP contribution is -2.50. The molecule has 2 amide bonds. The normalized spacial score (nSPS) is 14.2. The number of rotatable bonds is 9. The van der Waals surface area contributed by atoms with Gasteiger partial charge in [-0.25, -0.2) is 18.2 Å². The molecule has 1 aliphatic rings. The van der Waals surface area contributed by atoms with Gasteiger partial charge in [-0.1, -0.05) is 11.3 Å². The van der Waals surface area contributed by atoms with Gasteiger partial charge in [0.2, 0.25) is 10.0 Å². The Kier molecular flexibility index (Phi) is 11.1. The van der Waals surface area contributed by atoms with Gasteiger partial charge in [-0.3, -0.25) is 9.69 Å². The zero-order valence-corrected chi connectivity index (χ0v) is 26.6. The number of aromatic nitrogens is 1. The molecule has 0 spiro atoms. The van der Waals surface area contributed by atoms with E-state index in [4.69, 9.17) is 9.72 Å². The number of aryl methyl sites for hydroxylation is 2. The molecule has 3 aromatic rings. The van der Waals surface area contributed by atoms with Crippen LogP contribution in [0.4, 0.5) is 9.93 Å². The summed E-state index contributed by atoms with van der Waals surface area (Å²) in [5.41, 5.74) is 3.57. The molecule has 41 heavy (non-hydrogen) atoms. The Morgan fingerprint density at radius 3 is 2.24 bits per heavy atom. The van der Waals surface area contributed by atoms with Crippen molar-refractivity contribution in [2.45, 2.75) is 32.1 Å². The monoisotopic (exact) mass is 623 g/mol. The summed E-state index contributed by atoms with van der Waals surface area (Å²) >= 11 is 1.48. The Bertz CT molecular complexity index is 1430. The Labute approximate surface area is 252 Å². The Balaban J connectivity index is 0.00000462. The van der Waals surface area contributed by atoms with Crippen LogP contribution in [-0.2, 0) is 14.8 Å². The first kappa shape index (κ1) is 32.7. The van der Waals surface area contributed by atoms with E-state index >= 15 is 0 Å². The first-order valence-electron chi connectivity index (χ1n) is 13.4. The lowest BCUT2D eigenvalue weighted by atomic mass is 10.1. The molecule has 0 atom stereocenters. The van der Waals surface area contributed by atoms with Gasteiger partial charge in [0.1, 0.15) is 0 Å². The lowest BCUT2D eigenvalue weighted by molar-refractivity contribution is 0.0933. The van der Waals surface area contributed by atoms with Crippen LogP contribution in [0.25, 0.3) is 10.2 Å². The molecular weight excluding hydrogens is 586 g/mol. The van der Waals surface area contributed by atoms with Crippen LogP contribution in [0, 0.1) is 13.8 Å². The van der Waals surface area contributed by atoms with Crippen molar-refractivity contribution in [2.24, 2.45) is 0 Å². The molecule has 13 heteroatoms. The second kappa shape index (κ2) is 13.9. The van der Waals surface area contributed by atoms with Crippen molar-refractivity contribution in [1.82, 2.24) is 19.1 Å². The number of benzene rings is 2. The maximum absolute atomic E-state index is 13.7. The SMILES string of the molecule is CCOC(=O)N1CCN(S(=O)(=O)c2ccc(C(=O)N(CCCN(C)C)c3nc4cc(C)c(C)cc4s3)cc2)CC1.Cl. The maximum Gasteiger partial charge on any atom is 0.409 e. The van der Waals surface area contributed by atoms with Gasteiger partial charge in [-0.05, 0) is 95.4 Å². The van der Waals surface area contributed by atoms with Crippen molar-refractivity contribution < 1.29 is 22.7 Å². The number of carbonyl (C=O) groups excluding carboxylic acids is 2. The van der Waals surface area contributed by atoms with Crippen molar-refractivity contribution >= 4 is 61.1 Å². The average Bonchev–Trinajstić information content (AvgIpc) is 3.33. The fourth-order valence-corrected chi connectivity index (χ4v) is 7.00. The van der Waals surface area contributed by atoms with Crippen molar-refractivity contribution in [3.63, 3.8) is 0 Å². The second-order valence-electron chi connectivity index (χ2n) is 10.1. The van der Waals surface area contributed by atoms with Crippen molar-refractivity contribution in [2.75, 3.05) is 64.9 Å². The molecule has 0 bridgehead atoms. The molecular formula is C28H38ClN5O5S2. The number of piperazine rings is 1. The topological polar surface area (TPSA) is 103 Å². The van der Waals surface area contributed by atoms with Crippen molar-refractivity contribution in [3.05, 3.63) is 53.1 Å². The summed E-state index contributed by atoms with van der Waals surface area (Å²) < 4.78 is 33.9. The van der Waals surface area contributed by atoms with Crippen LogP contribution in [0.15, 0.2) is 41.3 Å². The number of carbonyl (C=O) groups is 2. The molecule has 2 aromatic carbocycles. The number of thiazole rings is 1. The maximum atomic E-state index is 13.7. The molecule has 1 saturated heterocycles. The van der Waals surface area contributed by atoms with E-state index in [1.54, 1.807) is 24.0 Å². The highest BCUT2D eigenvalue weighted by molar-refractivity contribution is 7.89. The van der Waals surface area contributed by atoms with Crippen LogP contribution in [0.3, 0.4) is 0 Å². The van der Waals surface area contributed by atoms with E-state index < -0.39 is 16.1 Å². The van der Waals surface area contributed by atoms with Gasteiger partial charge in [0.15, 0.2) is 5.13 Å². The quantitative estimate of drug-likeness (QED) is 0.348. The van der Waals surface area contributed by atoms with Gasteiger partial charge in [0, 0.05) is 38.3 Å². The number of hydrogen-bond acceptors (Lipinski definition) is 8. The molecule has 1 aliphatic heterocycles. The van der Waals surface area contributed by atoms with Gasteiger partial charge in [-0.15, -0.1) is 12.4 Å². The average molecular weight is 624 g/mol. The number of fused-ring (bicyclic) bond motifs is 1. The minimum atomic E-state index is -3.77. The molecule has 10 nitrogen and oxygen atoms in total. The molecule has 0 saturated carbocycles. The third-order valence-electron chi connectivity index (χ3n) is 6.96. The molecule has 0 N–H and O–H groups in total. The first-order chi connectivity index (χ1) is 19.0. The molecule has 1 aromatic heterocycles. The summed E-state index contributed by atoms with van der Waals surface area (Å²) in [6, 6.07) is 10.2. The van der Waals surface area contributed by atoms with Gasteiger partial charge in [0.05, 0.1) is 21.7 Å². The van der Waals surface area contributed by atoms with Crippen LogP contribution in [0.5, 0.6) is 0 Å². The van der Waals surface area contributed by atoms with Crippen molar-refractivity contribution in [1.29, 1.82) is 0 Å². The summed E-state index contributed by atoms with van der Waals surface area (Å²) in [6.07, 6.45) is 0.327. The number of ether oxygens (including phenoxy) is 1. The van der Waals surface area contributed by atoms with Crippen LogP contribution in [-0.4, -0.2) is 99.5 Å². The molecule has 4 rings (SSSR count). The standard InChI is InChI=1S/C28H37N5O5S2.ClH/c1-6-38-28(35)31-14-16-32(17-15-31)40(36,37)23-10-8-22(9-11-23)26(34)33(13-7-12-30(4)5)27-29-24-18-20(2)21(3)19-25(24)39-27;/h8-11,18-19H,6-7,12-17H2,1-5H3;1H. The summed E-state index contributed by atoms with van der Waals surface area (Å²) in [5, 5.41) is 0.625. The fraction of sp³-hybridized carbons (Fsp3) is 0.464. The predicted octanol–water partition coefficient (Wildman–Crippen LogP) is 4.40. The third-order valence-corrected chi connectivity index (χ3v) is 9.91. The van der Waals surface area contributed by atoms with Gasteiger partial charge in [0.25, 0.3) is 5.91 Å². The molecule has 0 radical (unpaired) electrons. The minimum absolute atomic E-state index is 0. The zero-order chi connectivity index (χ0) is 29.0. The van der Waals surface area contributed by atoms with Crippen LogP contribution in [0.1, 0.15) is 34.8 Å². The predicted molar refractivity (Wildman–Crippen MR) is 165 cm³/mol. The molecule has 224 valence electrons. The number of halogens is 1. The Morgan fingerprint density at radius 2 is 1.63 bits per heavy atom. The molecule has 0 unspecified atom stereocenters. The summed E-state index contributed by atoms with van der Waals surface area (Å²) in [7, 11) is 0.209. The second-order valence-corrected chi connectivity index (χ2v) is 13.1. The van der Waals surface area contributed by atoms with E-state index in [0.717, 1.165) is 28.7 Å². The smallest absolute Gasteiger partial charge is 0.409 e. The van der Waals surface area contributed by atoms with E-state index in [0.29, 0.717) is 17.2 Å². The lowest BCUT2D eigenvalue weighted by Gasteiger charge is -2.33. The number of sulfonamides is 1. The summed E-state index contributed by atoms with van der Waals surface area (Å²) in [6.45, 7) is 8.29. The highest BCUT2D eigenvalue weighted by Gasteiger charge is 2.31. The summed E-state index contributed by atoms with van der Waals surface area (Å²) in [4.78, 5) is 35.8. The Hall–Kier alpha value is -2.77. The molecule has 1 fully saturated rings. The highest BCUT2D eigenvalue weighted by atomic mass is 35.5. The number of anilines is 1. The van der Waals surface area contributed by atoms with Crippen molar-refractivity contribution in [3.8, 4) is 0 Å². The van der Waals surface area contributed by atoms with Crippen LogP contribution >= 0.6 is 23.7 Å². The zero-order valence-electron chi connectivity index (χ0n) is 24.1. The van der Waals surface area contributed by atoms with E-state index in [2.05, 4.69) is 17.9 Å². The number of hydrogen-bond donors (Lipinski definition) is 0. The van der Waals surface area contributed by atoms with E-state index in [1.807, 2.05) is 27.1 Å². The van der Waals surface area contributed by atoms with Crippen LogP contribution < -0.4 is 4.90 Å². The molecule has 2 heterocycles. The van der Waals surface area contributed by atoms with Gasteiger partial charge >= 0.3 is 6.09 Å². The van der Waals surface area contributed by atoms with Crippen LogP contribution in [0.2, 0.25) is 0 Å².